The van der Waals surface area contributed by atoms with E-state index in [1.165, 1.54) is 19.3 Å². The third-order valence-electron chi connectivity index (χ3n) is 6.16. The molecule has 0 spiro atoms. The molecule has 0 aromatic heterocycles. The zero-order chi connectivity index (χ0) is 15.1. The maximum atomic E-state index is 12.6. The van der Waals surface area contributed by atoms with E-state index < -0.39 is 0 Å². The van der Waals surface area contributed by atoms with Crippen LogP contribution >= 0.6 is 11.9 Å². The Labute approximate surface area is 137 Å². The second-order valence-corrected chi connectivity index (χ2v) is 8.99. The first kappa shape index (κ1) is 15.3. The lowest BCUT2D eigenvalue weighted by Crippen LogP contribution is -2.45. The van der Waals surface area contributed by atoms with E-state index in [0.29, 0.717) is 18.1 Å². The van der Waals surface area contributed by atoms with Crippen molar-refractivity contribution >= 4 is 17.9 Å². The Bertz CT molecular complexity index is 433. The molecule has 6 unspecified atom stereocenters. The smallest absolute Gasteiger partial charge is 0.249 e. The number of hydrogen-bond acceptors (Lipinski definition) is 4. The van der Waals surface area contributed by atoms with Gasteiger partial charge in [0.05, 0.1) is 6.10 Å². The van der Waals surface area contributed by atoms with E-state index in [1.807, 2.05) is 11.9 Å². The van der Waals surface area contributed by atoms with Crippen molar-refractivity contribution in [3.05, 3.63) is 0 Å². The fourth-order valence-electron chi connectivity index (χ4n) is 4.90. The van der Waals surface area contributed by atoms with E-state index in [4.69, 9.17) is 4.74 Å². The van der Waals surface area contributed by atoms with Gasteiger partial charge in [-0.3, -0.25) is 9.52 Å². The summed E-state index contributed by atoms with van der Waals surface area (Å²) in [5.41, 5.74) is 0. The molecule has 1 amide bonds. The van der Waals surface area contributed by atoms with Gasteiger partial charge in [0.1, 0.15) is 6.10 Å². The zero-order valence-electron chi connectivity index (χ0n) is 13.4. The van der Waals surface area contributed by atoms with Gasteiger partial charge in [-0.1, -0.05) is 18.9 Å². The van der Waals surface area contributed by atoms with Crippen LogP contribution in [-0.2, 0) is 9.53 Å². The molecule has 4 fully saturated rings. The highest BCUT2D eigenvalue weighted by Gasteiger charge is 2.42. The van der Waals surface area contributed by atoms with Crippen LogP contribution in [0.15, 0.2) is 0 Å². The monoisotopic (exact) mass is 324 g/mol. The quantitative estimate of drug-likeness (QED) is 0.766. The highest BCUT2D eigenvalue weighted by molar-refractivity contribution is 7.98. The van der Waals surface area contributed by atoms with Gasteiger partial charge in [-0.05, 0) is 62.7 Å². The summed E-state index contributed by atoms with van der Waals surface area (Å²) in [4.78, 5) is 12.6. The normalized spacial score (nSPS) is 47.8. The van der Waals surface area contributed by atoms with Gasteiger partial charge in [-0.25, -0.2) is 0 Å². The predicted octanol–water partition coefficient (Wildman–Crippen LogP) is 2.48. The van der Waals surface area contributed by atoms with Crippen LogP contribution in [0, 0.1) is 17.8 Å². The highest BCUT2D eigenvalue weighted by Crippen LogP contribution is 2.40. The summed E-state index contributed by atoms with van der Waals surface area (Å²) in [6.07, 6.45) is 8.22. The first-order valence-electron chi connectivity index (χ1n) is 9.03. The fraction of sp³-hybridized carbons (Fsp3) is 0.941. The van der Waals surface area contributed by atoms with Gasteiger partial charge < -0.3 is 10.1 Å². The van der Waals surface area contributed by atoms with E-state index >= 15 is 0 Å². The van der Waals surface area contributed by atoms with Gasteiger partial charge in [-0.2, -0.15) is 0 Å². The number of amides is 1. The SMILES string of the molecule is CC1CCC2O[C@@H](C(=O)NC3CCC4SNCC4C3)CC2C1. The number of carbonyl (C=O) groups excluding carboxylic acids is 1. The van der Waals surface area contributed by atoms with E-state index in [9.17, 15) is 4.79 Å². The summed E-state index contributed by atoms with van der Waals surface area (Å²) in [5.74, 6) is 2.31. The first-order chi connectivity index (χ1) is 10.7. The molecule has 124 valence electrons. The zero-order valence-corrected chi connectivity index (χ0v) is 14.2. The molecule has 2 aliphatic heterocycles. The lowest BCUT2D eigenvalue weighted by atomic mass is 9.79. The van der Waals surface area contributed by atoms with Crippen LogP contribution in [-0.4, -0.2) is 36.0 Å². The van der Waals surface area contributed by atoms with Gasteiger partial charge in [0, 0.05) is 17.8 Å². The van der Waals surface area contributed by atoms with Gasteiger partial charge in [0.25, 0.3) is 0 Å². The van der Waals surface area contributed by atoms with E-state index in [2.05, 4.69) is 17.0 Å². The minimum Gasteiger partial charge on any atom is -0.365 e. The second kappa shape index (κ2) is 6.33. The molecule has 0 radical (unpaired) electrons. The minimum absolute atomic E-state index is 0.157. The summed E-state index contributed by atoms with van der Waals surface area (Å²) in [6.45, 7) is 3.43. The molecule has 4 aliphatic rings. The van der Waals surface area contributed by atoms with Gasteiger partial charge in [0.15, 0.2) is 0 Å². The Hall–Kier alpha value is -0.260. The number of fused-ring (bicyclic) bond motifs is 2. The second-order valence-electron chi connectivity index (χ2n) is 7.86. The fourth-order valence-corrected chi connectivity index (χ4v) is 6.08. The largest absolute Gasteiger partial charge is 0.365 e. The van der Waals surface area contributed by atoms with E-state index in [0.717, 1.165) is 49.3 Å². The van der Waals surface area contributed by atoms with Crippen molar-refractivity contribution in [2.75, 3.05) is 6.54 Å². The maximum Gasteiger partial charge on any atom is 0.249 e. The molecule has 4 rings (SSSR count). The topological polar surface area (TPSA) is 50.4 Å². The molecule has 2 saturated heterocycles. The highest BCUT2D eigenvalue weighted by atomic mass is 32.2. The average molecular weight is 324 g/mol. The van der Waals surface area contributed by atoms with Crippen LogP contribution in [0.4, 0.5) is 0 Å². The van der Waals surface area contributed by atoms with Crippen molar-refractivity contribution < 1.29 is 9.53 Å². The number of ether oxygens (including phenoxy) is 1. The Morgan fingerprint density at radius 1 is 1.14 bits per heavy atom. The third-order valence-corrected chi connectivity index (χ3v) is 7.42. The summed E-state index contributed by atoms with van der Waals surface area (Å²) in [6, 6.07) is 0.361. The summed E-state index contributed by atoms with van der Waals surface area (Å²) < 4.78 is 9.49. The van der Waals surface area contributed by atoms with Crippen molar-refractivity contribution in [1.82, 2.24) is 10.0 Å². The number of carbonyl (C=O) groups is 1. The Morgan fingerprint density at radius 3 is 2.95 bits per heavy atom. The maximum absolute atomic E-state index is 12.6. The third kappa shape index (κ3) is 3.04. The van der Waals surface area contributed by atoms with Crippen LogP contribution in [0.5, 0.6) is 0 Å². The molecule has 4 nitrogen and oxygen atoms in total. The average Bonchev–Trinajstić information content (AvgIpc) is 3.12. The van der Waals surface area contributed by atoms with Crippen molar-refractivity contribution in [3.8, 4) is 0 Å². The van der Waals surface area contributed by atoms with Crippen LogP contribution in [0.1, 0.15) is 51.9 Å². The van der Waals surface area contributed by atoms with E-state index in [-0.39, 0.29) is 12.0 Å². The Morgan fingerprint density at radius 2 is 2.05 bits per heavy atom. The molecular weight excluding hydrogens is 296 g/mol. The first-order valence-corrected chi connectivity index (χ1v) is 9.91. The molecule has 7 atom stereocenters. The standard InChI is InChI=1S/C17H28N2O2S/c1-10-2-4-14-11(6-10)8-15(21-14)17(20)19-13-3-5-16-12(7-13)9-18-22-16/h10-16,18H,2-9H2,1H3,(H,19,20)/t10?,11?,12?,13?,14?,15-,16?/m1/s1. The van der Waals surface area contributed by atoms with Crippen molar-refractivity contribution in [2.24, 2.45) is 17.8 Å². The van der Waals surface area contributed by atoms with Crippen LogP contribution in [0.2, 0.25) is 0 Å². The molecule has 2 N–H and O–H groups in total. The molecular formula is C17H28N2O2S. The summed E-state index contributed by atoms with van der Waals surface area (Å²) in [5, 5.41) is 4.06. The van der Waals surface area contributed by atoms with Gasteiger partial charge in [0.2, 0.25) is 5.91 Å². The van der Waals surface area contributed by atoms with Gasteiger partial charge in [-0.15, -0.1) is 0 Å². The van der Waals surface area contributed by atoms with Crippen LogP contribution in [0.3, 0.4) is 0 Å². The van der Waals surface area contributed by atoms with Crippen molar-refractivity contribution in [2.45, 2.75) is 75.4 Å². The molecule has 22 heavy (non-hydrogen) atoms. The molecule has 0 aromatic carbocycles. The number of rotatable bonds is 2. The molecule has 0 bridgehead atoms. The molecule has 2 aliphatic carbocycles. The molecule has 2 saturated carbocycles. The molecule has 2 heterocycles. The predicted molar refractivity (Wildman–Crippen MR) is 88.4 cm³/mol. The summed E-state index contributed by atoms with van der Waals surface area (Å²) in [7, 11) is 0. The molecule has 0 aromatic rings. The van der Waals surface area contributed by atoms with Crippen molar-refractivity contribution in [1.29, 1.82) is 0 Å². The Kier molecular flexibility index (Phi) is 4.39. The minimum atomic E-state index is -0.186. The Balaban J connectivity index is 1.29. The lowest BCUT2D eigenvalue weighted by Gasteiger charge is -2.31. The van der Waals surface area contributed by atoms with E-state index in [1.54, 1.807) is 0 Å². The molecule has 5 heteroatoms. The lowest BCUT2D eigenvalue weighted by molar-refractivity contribution is -0.133. The van der Waals surface area contributed by atoms with Crippen LogP contribution in [0.25, 0.3) is 0 Å². The van der Waals surface area contributed by atoms with Gasteiger partial charge >= 0.3 is 0 Å². The summed E-state index contributed by atoms with van der Waals surface area (Å²) >= 11 is 1.90. The number of hydrogen-bond donors (Lipinski definition) is 2. The number of nitrogens with one attached hydrogen (secondary N) is 2. The van der Waals surface area contributed by atoms with Crippen molar-refractivity contribution in [3.63, 3.8) is 0 Å². The van der Waals surface area contributed by atoms with Crippen LogP contribution < -0.4 is 10.0 Å².